The van der Waals surface area contributed by atoms with Gasteiger partial charge in [-0.15, -0.1) is 0 Å². The van der Waals surface area contributed by atoms with Crippen LogP contribution in [-0.2, 0) is 0 Å². The van der Waals surface area contributed by atoms with Crippen molar-refractivity contribution >= 4 is 5.52 Å². The molecule has 80 valence electrons. The third-order valence-corrected chi connectivity index (χ3v) is 2.16. The lowest BCUT2D eigenvalue weighted by atomic mass is 10.5. The Hall–Kier alpha value is -2.57. The molecule has 0 aliphatic rings. The lowest BCUT2D eigenvalue weighted by molar-refractivity contribution is 0.362. The first-order chi connectivity index (χ1) is 7.74. The summed E-state index contributed by atoms with van der Waals surface area (Å²) in [6.07, 6.45) is 4.44. The van der Waals surface area contributed by atoms with Crippen LogP contribution in [0.1, 0.15) is 0 Å². The largest absolute Gasteiger partial charge is 0.355 e. The average Bonchev–Trinajstić information content (AvgIpc) is 2.76. The second kappa shape index (κ2) is 2.96. The van der Waals surface area contributed by atoms with E-state index in [0.717, 1.165) is 5.52 Å². The van der Waals surface area contributed by atoms with E-state index in [2.05, 4.69) is 9.97 Å². The summed E-state index contributed by atoms with van der Waals surface area (Å²) in [4.78, 5) is 28.3. The molecule has 0 aliphatic heterocycles. The average molecular weight is 218 g/mol. The number of aromatic amines is 1. The van der Waals surface area contributed by atoms with Crippen LogP contribution in [-0.4, -0.2) is 19.1 Å². The molecule has 0 bridgehead atoms. The summed E-state index contributed by atoms with van der Waals surface area (Å²) in [6, 6.07) is 2.89. The Balaban J connectivity index is 2.26. The number of hydrogen-bond acceptors (Lipinski definition) is 4. The molecule has 0 radical (unpaired) electrons. The Labute approximate surface area is 87.5 Å². The number of hydrogen-bond donors (Lipinski definition) is 1. The van der Waals surface area contributed by atoms with Crippen molar-refractivity contribution in [2.24, 2.45) is 0 Å². The highest BCUT2D eigenvalue weighted by atomic mass is 16.5. The molecule has 0 aromatic carbocycles. The highest BCUT2D eigenvalue weighted by molar-refractivity contribution is 5.47. The zero-order chi connectivity index (χ0) is 11.1. The minimum absolute atomic E-state index is 0.318. The van der Waals surface area contributed by atoms with Crippen molar-refractivity contribution in [2.45, 2.75) is 0 Å². The molecule has 0 atom stereocenters. The van der Waals surface area contributed by atoms with Crippen LogP contribution in [0.15, 0.2) is 45.0 Å². The van der Waals surface area contributed by atoms with Gasteiger partial charge >= 0.3 is 5.69 Å². The molecule has 16 heavy (non-hydrogen) atoms. The fourth-order valence-corrected chi connectivity index (χ4v) is 1.43. The highest BCUT2D eigenvalue weighted by Crippen LogP contribution is 2.11. The molecule has 0 spiro atoms. The third-order valence-electron chi connectivity index (χ3n) is 2.16. The first-order valence-electron chi connectivity index (χ1n) is 4.49. The Morgan fingerprint density at radius 2 is 2.25 bits per heavy atom. The monoisotopic (exact) mass is 218 g/mol. The van der Waals surface area contributed by atoms with Crippen molar-refractivity contribution in [1.29, 1.82) is 0 Å². The molecule has 0 unspecified atom stereocenters. The van der Waals surface area contributed by atoms with Gasteiger partial charge in [-0.1, -0.05) is 0 Å². The number of rotatable bonds is 1. The fraction of sp³-hybridized carbons (Fsp3) is 0. The molecule has 0 saturated heterocycles. The molecule has 7 nitrogen and oxygen atoms in total. The topological polar surface area (TPSA) is 85.3 Å². The predicted octanol–water partition coefficient (Wildman–Crippen LogP) is -0.234. The summed E-state index contributed by atoms with van der Waals surface area (Å²) >= 11 is 0. The Morgan fingerprint density at radius 3 is 3.00 bits per heavy atom. The maximum atomic E-state index is 11.5. The van der Waals surface area contributed by atoms with E-state index in [9.17, 15) is 9.59 Å². The molecule has 7 heteroatoms. The molecule has 0 saturated carbocycles. The minimum Gasteiger partial charge on any atom is -0.355 e. The molecule has 3 rings (SSSR count). The van der Waals surface area contributed by atoms with Crippen LogP contribution < -0.4 is 11.2 Å². The van der Waals surface area contributed by atoms with Gasteiger partial charge in [0.05, 0.1) is 6.20 Å². The van der Waals surface area contributed by atoms with Crippen molar-refractivity contribution in [2.75, 3.05) is 0 Å². The molecule has 0 aliphatic carbocycles. The van der Waals surface area contributed by atoms with Crippen molar-refractivity contribution in [1.82, 2.24) is 19.1 Å². The van der Waals surface area contributed by atoms with Crippen LogP contribution in [0, 0.1) is 0 Å². The summed E-state index contributed by atoms with van der Waals surface area (Å²) in [5.74, 6) is 0.318. The summed E-state index contributed by atoms with van der Waals surface area (Å²) in [5, 5.41) is 0. The van der Waals surface area contributed by atoms with E-state index in [-0.39, 0.29) is 0 Å². The van der Waals surface area contributed by atoms with E-state index < -0.39 is 11.2 Å². The van der Waals surface area contributed by atoms with E-state index in [4.69, 9.17) is 4.52 Å². The van der Waals surface area contributed by atoms with Gasteiger partial charge in [0.25, 0.3) is 5.56 Å². The van der Waals surface area contributed by atoms with E-state index in [1.54, 1.807) is 12.3 Å². The van der Waals surface area contributed by atoms with E-state index in [0.29, 0.717) is 5.88 Å². The van der Waals surface area contributed by atoms with E-state index >= 15 is 0 Å². The number of nitrogens with zero attached hydrogens (tertiary/aromatic N) is 3. The Kier molecular flexibility index (Phi) is 1.61. The Bertz CT molecular complexity index is 732. The van der Waals surface area contributed by atoms with Crippen LogP contribution in [0.5, 0.6) is 0 Å². The normalized spacial score (nSPS) is 11.0. The predicted molar refractivity (Wildman–Crippen MR) is 53.7 cm³/mol. The molecule has 3 aromatic heterocycles. The molecular formula is C9H6N4O3. The first kappa shape index (κ1) is 8.72. The lowest BCUT2D eigenvalue weighted by Crippen LogP contribution is -2.27. The van der Waals surface area contributed by atoms with Crippen LogP contribution in [0.2, 0.25) is 0 Å². The fourth-order valence-electron chi connectivity index (χ4n) is 1.43. The summed E-state index contributed by atoms with van der Waals surface area (Å²) in [7, 11) is 0. The molecular weight excluding hydrogens is 212 g/mol. The highest BCUT2D eigenvalue weighted by Gasteiger charge is 2.07. The van der Waals surface area contributed by atoms with Crippen molar-refractivity contribution < 1.29 is 4.52 Å². The van der Waals surface area contributed by atoms with Gasteiger partial charge in [-0.25, -0.2) is 14.3 Å². The zero-order valence-electron chi connectivity index (χ0n) is 7.95. The molecule has 1 N–H and O–H groups in total. The van der Waals surface area contributed by atoms with Crippen molar-refractivity contribution in [3.63, 3.8) is 0 Å². The van der Waals surface area contributed by atoms with Gasteiger partial charge in [0, 0.05) is 18.3 Å². The van der Waals surface area contributed by atoms with Gasteiger partial charge in [-0.2, -0.15) is 4.57 Å². The van der Waals surface area contributed by atoms with Crippen LogP contribution in [0.25, 0.3) is 11.4 Å². The number of aromatic nitrogens is 4. The van der Waals surface area contributed by atoms with Crippen molar-refractivity contribution in [3.05, 3.63) is 51.7 Å². The van der Waals surface area contributed by atoms with Gasteiger partial charge in [-0.3, -0.25) is 9.78 Å². The van der Waals surface area contributed by atoms with E-state index in [1.807, 2.05) is 0 Å². The first-order valence-corrected chi connectivity index (χ1v) is 4.49. The smallest absolute Gasteiger partial charge is 0.335 e. The second-order valence-corrected chi connectivity index (χ2v) is 3.20. The lowest BCUT2D eigenvalue weighted by Gasteiger charge is -1.96. The number of H-pyrrole nitrogens is 1. The Morgan fingerprint density at radius 1 is 1.38 bits per heavy atom. The SMILES string of the molecule is O=c1ccn(-c2cc3cncn3o2)c(=O)[nH]1. The minimum atomic E-state index is -0.544. The molecule has 0 amide bonds. The van der Waals surface area contributed by atoms with Crippen LogP contribution in [0.3, 0.4) is 0 Å². The summed E-state index contributed by atoms with van der Waals surface area (Å²) < 4.78 is 7.94. The zero-order valence-corrected chi connectivity index (χ0v) is 7.95. The molecule has 3 aromatic rings. The second-order valence-electron chi connectivity index (χ2n) is 3.20. The standard InChI is InChI=1S/C9H6N4O3/c14-7-1-2-12(9(15)11-7)8-3-6-4-10-5-13(6)16-8/h1-5H,(H,11,14,15). The summed E-state index contributed by atoms with van der Waals surface area (Å²) in [5.41, 5.74) is -0.258. The van der Waals surface area contributed by atoms with Crippen molar-refractivity contribution in [3.8, 4) is 5.88 Å². The van der Waals surface area contributed by atoms with Gasteiger partial charge in [0.1, 0.15) is 11.8 Å². The third kappa shape index (κ3) is 1.18. The number of fused-ring (bicyclic) bond motifs is 1. The van der Waals surface area contributed by atoms with Gasteiger partial charge in [0.15, 0.2) is 0 Å². The van der Waals surface area contributed by atoms with Gasteiger partial charge < -0.3 is 4.52 Å². The van der Waals surface area contributed by atoms with Crippen LogP contribution >= 0.6 is 0 Å². The van der Waals surface area contributed by atoms with Gasteiger partial charge in [0.2, 0.25) is 5.88 Å². The quantitative estimate of drug-likeness (QED) is 0.611. The number of nitrogens with one attached hydrogen (secondary N) is 1. The van der Waals surface area contributed by atoms with E-state index in [1.165, 1.54) is 27.7 Å². The van der Waals surface area contributed by atoms with Crippen LogP contribution in [0.4, 0.5) is 0 Å². The van der Waals surface area contributed by atoms with Gasteiger partial charge in [-0.05, 0) is 0 Å². The molecule has 0 fully saturated rings. The maximum absolute atomic E-state index is 11.5. The summed E-state index contributed by atoms with van der Waals surface area (Å²) in [6.45, 7) is 0. The molecule has 3 heterocycles. The number of imidazole rings is 1. The maximum Gasteiger partial charge on any atom is 0.335 e.